The summed E-state index contributed by atoms with van der Waals surface area (Å²) in [4.78, 5) is 49.3. The molecular weight excluding hydrogens is 903 g/mol. The summed E-state index contributed by atoms with van der Waals surface area (Å²) in [5.74, 6) is 0.0625. The summed E-state index contributed by atoms with van der Waals surface area (Å²) in [5.41, 5.74) is 8.16. The van der Waals surface area contributed by atoms with E-state index in [1.807, 2.05) is 80.6 Å². The van der Waals surface area contributed by atoms with Gasteiger partial charge in [0, 0.05) is 134 Å². The highest BCUT2D eigenvalue weighted by molar-refractivity contribution is 6.00. The summed E-state index contributed by atoms with van der Waals surface area (Å²) in [6, 6.07) is 32.8. The summed E-state index contributed by atoms with van der Waals surface area (Å²) < 4.78 is 210. The number of rotatable bonds is 4. The SMILES string of the molecule is [3HH].[3H][3H].[3H][3H].[3H][3H].[3H][3H].[3H][3H].[3H][3H].[3H][3H].[3H][3H].[3H][3H].[3H][3H].[3H][3H].[3H][3H].[3H][3H].[3H][3H].[3H][3H].[3H][3H].[3H][3H].[3H][3H].[C-]#[N+]C1=C(O)[C@H](C)[C@H]2CCc3c(-c4ccccc4F)nc(-c4ccnc5ccccc45)nc3[C@]2(C)C1.[C-]#[N+]C1=C[C@@]2(C)c3nc(-c4ccnc5ccccc45)nc(-c4ccccc4F)c3CC[C@@H]2[C@@H](C)C1=O. The minimum absolute atomic E-state index is 0. The number of halogens is 2. The Kier molecular flexibility index (Phi) is 7.35. The van der Waals surface area contributed by atoms with Gasteiger partial charge in [0.2, 0.25) is 11.4 Å². The van der Waals surface area contributed by atoms with E-state index in [9.17, 15) is 9.90 Å². The van der Waals surface area contributed by atoms with Crippen LogP contribution < -0.4 is 0 Å². The third kappa shape index (κ3) is 7.35. The number of aliphatic hydroxyl groups excluding tert-OH is 1. The molecule has 6 atom stereocenters. The number of pyridine rings is 2. The maximum atomic E-state index is 15.1. The summed E-state index contributed by atoms with van der Waals surface area (Å²) in [7, 11) is 0. The highest BCUT2D eigenvalue weighted by Gasteiger charge is 2.51. The number of hydrogen-bond donors (Lipinski definition) is 1. The van der Waals surface area contributed by atoms with Crippen LogP contribution in [0.3, 0.4) is 0 Å². The van der Waals surface area contributed by atoms with Crippen LogP contribution in [-0.4, -0.2) is 40.8 Å². The molecule has 0 unspecified atom stereocenters. The molecule has 12 rings (SSSR count). The summed E-state index contributed by atoms with van der Waals surface area (Å²) >= 11 is 0. The first-order valence-corrected chi connectivity index (χ1v) is 24.3. The van der Waals surface area contributed by atoms with Gasteiger partial charge in [0.25, 0.3) is 0 Å². The maximum absolute atomic E-state index is 15.1. The highest BCUT2D eigenvalue weighted by Crippen LogP contribution is 2.55. The smallest absolute Gasteiger partial charge is 0.226 e. The first kappa shape index (κ1) is 29.7. The number of para-hydroxylation sites is 2. The molecule has 8 aromatic rings. The van der Waals surface area contributed by atoms with Crippen molar-refractivity contribution in [2.45, 2.75) is 70.6 Å². The minimum atomic E-state index is -0.651. The molecule has 4 aromatic heterocycles. The van der Waals surface area contributed by atoms with E-state index in [2.05, 4.69) is 33.5 Å². The molecule has 0 fully saturated rings. The van der Waals surface area contributed by atoms with Crippen molar-refractivity contribution in [3.05, 3.63) is 202 Å². The van der Waals surface area contributed by atoms with Gasteiger partial charge >= 0.3 is 0 Å². The van der Waals surface area contributed by atoms with Crippen molar-refractivity contribution < 1.29 is 73.6 Å². The van der Waals surface area contributed by atoms with Gasteiger partial charge in [-0.25, -0.2) is 38.4 Å². The second-order valence-corrected chi connectivity index (χ2v) is 19.9. The average molecular weight is 1060 g/mol. The molecule has 72 heavy (non-hydrogen) atoms. The third-order valence-electron chi connectivity index (χ3n) is 15.9. The van der Waals surface area contributed by atoms with Gasteiger partial charge in [-0.1, -0.05) is 94.4 Å². The first-order valence-electron chi connectivity index (χ1n) is 42.3. The van der Waals surface area contributed by atoms with Crippen LogP contribution in [0.2, 0.25) is 0 Å². The van der Waals surface area contributed by atoms with Crippen LogP contribution in [0.25, 0.3) is 76.8 Å². The maximum Gasteiger partial charge on any atom is 0.226 e. The largest absolute Gasteiger partial charge is 0.523 e. The lowest BCUT2D eigenvalue weighted by molar-refractivity contribution is -0.121. The van der Waals surface area contributed by atoms with E-state index in [0.717, 1.165) is 68.3 Å². The van der Waals surface area contributed by atoms with E-state index >= 15 is 8.78 Å². The van der Waals surface area contributed by atoms with Crippen molar-refractivity contribution in [1.29, 1.82) is 0 Å². The number of nitrogens with zero attached hydrogens (tertiary/aromatic N) is 8. The number of carbonyl (C=O) groups is 1. The molecule has 0 aliphatic heterocycles. The molecule has 12 heteroatoms. The molecule has 4 aliphatic rings. The van der Waals surface area contributed by atoms with E-state index < -0.39 is 10.8 Å². The van der Waals surface area contributed by atoms with Gasteiger partial charge in [0.15, 0.2) is 17.4 Å². The van der Waals surface area contributed by atoms with Gasteiger partial charge in [-0.15, -0.1) is 0 Å². The van der Waals surface area contributed by atoms with E-state index in [1.165, 1.54) is 12.1 Å². The second kappa shape index (κ2) is 17.8. The van der Waals surface area contributed by atoms with Gasteiger partial charge in [-0.2, -0.15) is 0 Å². The number of ketones is 1. The summed E-state index contributed by atoms with van der Waals surface area (Å²) in [6.07, 6.45) is 8.52. The number of hydrogen-bond acceptors (Lipinski definition) is 8. The molecule has 1 N–H and O–H groups in total. The van der Waals surface area contributed by atoms with Crippen LogP contribution in [0.1, 0.15) is 124 Å². The van der Waals surface area contributed by atoms with Crippen molar-refractivity contribution >= 4 is 27.6 Å². The van der Waals surface area contributed by atoms with Gasteiger partial charge < -0.3 is 9.90 Å². The number of benzene rings is 4. The van der Waals surface area contributed by atoms with Crippen LogP contribution in [0.15, 0.2) is 145 Å². The Bertz CT molecular complexity index is 3820. The number of allylic oxidation sites excluding steroid dienone is 4. The summed E-state index contributed by atoms with van der Waals surface area (Å²) in [5, 5.41) is 12.6. The van der Waals surface area contributed by atoms with E-state index in [1.54, 1.807) is 48.8 Å². The van der Waals surface area contributed by atoms with Crippen LogP contribution in [0, 0.1) is 48.5 Å². The van der Waals surface area contributed by atoms with Gasteiger partial charge in [-0.05, 0) is 92.5 Å². The molecule has 4 aromatic carbocycles. The fourth-order valence-electron chi connectivity index (χ4n) is 12.3. The molecule has 0 bridgehead atoms. The van der Waals surface area contributed by atoms with Crippen molar-refractivity contribution in [2.24, 2.45) is 23.7 Å². The Morgan fingerprint density at radius 3 is 1.68 bits per heavy atom. The molecule has 4 heterocycles. The first-order chi connectivity index (χ1) is 52.8. The number of fused-ring (bicyclic) bond motifs is 8. The zero-order chi connectivity index (χ0) is 86.1. The molecule has 0 saturated carbocycles. The predicted molar refractivity (Wildman–Crippen MR) is 314 cm³/mol. The monoisotopic (exact) mass is 1060 g/mol. The molecule has 0 amide bonds. The number of Topliss-reactive ketones (excluding diaryl/α,β-unsaturated/α-hetero) is 1. The zero-order valence-corrected chi connectivity index (χ0v) is 40.2. The van der Waals surface area contributed by atoms with E-state index in [4.69, 9.17) is 86.5 Å². The summed E-state index contributed by atoms with van der Waals surface area (Å²) in [6.45, 7) is 23.4. The van der Waals surface area contributed by atoms with Gasteiger partial charge in [-0.3, -0.25) is 9.97 Å². The number of aliphatic hydroxyl groups is 1. The Labute approximate surface area is 473 Å². The van der Waals surface area contributed by atoms with Crippen molar-refractivity contribution in [1.82, 2.24) is 29.9 Å². The van der Waals surface area contributed by atoms with Crippen LogP contribution in [-0.2, 0) is 28.5 Å². The quantitative estimate of drug-likeness (QED) is 0.173. The lowest BCUT2D eigenvalue weighted by Gasteiger charge is -2.48. The number of carbonyl (C=O) groups excluding carboxylic acids is 1. The Morgan fingerprint density at radius 2 is 1.14 bits per heavy atom. The predicted octanol–water partition coefficient (Wildman–Crippen LogP) is 18.1. The molecule has 0 spiro atoms. The standard InChI is InChI=1S/C30H25FN4O.C30H23FN4O.19H2/c2*1-17-22-13-12-21-26(20-9-4-6-10-23(20)31)34-29(19-14-15-33-24-11-7-5-8-18(19)24)35-28(21)30(22,2)16-25(32-3)27(17)36;;;;;;;;;;;;;;;;;;;/h4-11,14-15,17,22,36H,12-13,16H2,1-2H3;4-11,14-17,22H,12-13H2,1-2H3;19*1H/t2*17-,22-,30-;;;;;;;;;;;;;;;;;;;/m11.................../s1/i;;18*1+2T;1+2. The van der Waals surface area contributed by atoms with Crippen LogP contribution in [0.4, 0.5) is 8.78 Å². The van der Waals surface area contributed by atoms with Crippen LogP contribution in [0.5, 0.6) is 0 Å². The average Bonchev–Trinajstić information content (AvgIpc) is 0.725. The normalized spacial score (nSPS) is 25.1. The van der Waals surface area contributed by atoms with Crippen molar-refractivity contribution in [2.75, 3.05) is 0 Å². The topological polar surface area (TPSA) is 123 Å². The molecular formula is C60H86F2N8O2. The van der Waals surface area contributed by atoms with E-state index in [-0.39, 0.29) is 54.0 Å². The highest BCUT2D eigenvalue weighted by atomic mass is 19.1. The fourth-order valence-corrected chi connectivity index (χ4v) is 12.3. The van der Waals surface area contributed by atoms with E-state index in [0.29, 0.717) is 59.1 Å². The second-order valence-electron chi connectivity index (χ2n) is 19.9. The Balaban J connectivity index is -0.000000185. The lowest BCUT2D eigenvalue weighted by atomic mass is 9.57. The Morgan fingerprint density at radius 1 is 0.639 bits per heavy atom. The third-order valence-corrected chi connectivity index (χ3v) is 15.9. The lowest BCUT2D eigenvalue weighted by Crippen LogP contribution is -2.46. The molecule has 0 saturated heterocycles. The molecule has 10 nitrogen and oxygen atoms in total. The van der Waals surface area contributed by atoms with Crippen LogP contribution >= 0.6 is 0 Å². The van der Waals surface area contributed by atoms with Crippen molar-refractivity contribution in [3.8, 4) is 45.3 Å². The zero-order valence-electron chi connectivity index (χ0n) is 76.2. The van der Waals surface area contributed by atoms with Gasteiger partial charge in [0.05, 0.1) is 52.7 Å². The van der Waals surface area contributed by atoms with Gasteiger partial charge in [0.1, 0.15) is 11.6 Å². The van der Waals surface area contributed by atoms with Crippen molar-refractivity contribution in [3.63, 3.8) is 0 Å². The molecule has 0 radical (unpaired) electrons. The molecule has 392 valence electrons. The Hall–Kier alpha value is -8.35. The fraction of sp³-hybridized carbons (Fsp3) is 0.250. The minimum Gasteiger partial charge on any atom is -0.523 e. The number of aromatic nitrogens is 6. The molecule has 4 aliphatic carbocycles.